The van der Waals surface area contributed by atoms with Crippen LogP contribution in [0.1, 0.15) is 84.0 Å². The number of aliphatic hydroxyl groups is 3. The molecule has 0 aromatic carbocycles. The third-order valence-corrected chi connectivity index (χ3v) is 5.22. The first-order valence-electron chi connectivity index (χ1n) is 11.1. The largest absolute Gasteiger partial charge is 0.394 e. The average Bonchev–Trinajstić information content (AvgIpc) is 3.00. The summed E-state index contributed by atoms with van der Waals surface area (Å²) in [6, 6.07) is 0. The van der Waals surface area contributed by atoms with E-state index in [4.69, 9.17) is 9.47 Å². The van der Waals surface area contributed by atoms with Gasteiger partial charge in [-0.1, -0.05) is 64.0 Å². The second kappa shape index (κ2) is 16.5. The van der Waals surface area contributed by atoms with Crippen LogP contribution in [0.25, 0.3) is 0 Å². The molecule has 0 aromatic heterocycles. The van der Waals surface area contributed by atoms with Gasteiger partial charge in [-0.3, -0.25) is 0 Å². The zero-order valence-electron chi connectivity index (χ0n) is 17.2. The molecule has 5 heteroatoms. The molecule has 0 spiro atoms. The average molecular weight is 387 g/mol. The molecule has 1 aliphatic rings. The highest BCUT2D eigenvalue weighted by atomic mass is 16.6. The molecule has 1 aliphatic heterocycles. The molecule has 0 unspecified atom stereocenters. The fourth-order valence-corrected chi connectivity index (χ4v) is 3.44. The van der Waals surface area contributed by atoms with E-state index in [0.29, 0.717) is 6.61 Å². The van der Waals surface area contributed by atoms with Crippen LogP contribution < -0.4 is 0 Å². The molecule has 1 rings (SSSR count). The van der Waals surface area contributed by atoms with Gasteiger partial charge in [-0.15, -0.1) is 0 Å². The van der Waals surface area contributed by atoms with Crippen molar-refractivity contribution >= 4 is 0 Å². The Kier molecular flexibility index (Phi) is 15.0. The van der Waals surface area contributed by atoms with Crippen molar-refractivity contribution in [2.45, 2.75) is 108 Å². The minimum absolute atomic E-state index is 0.0962. The molecular weight excluding hydrogens is 344 g/mol. The molecule has 3 N–H and O–H groups in total. The van der Waals surface area contributed by atoms with E-state index in [9.17, 15) is 15.3 Å². The summed E-state index contributed by atoms with van der Waals surface area (Å²) in [5, 5.41) is 28.7. The van der Waals surface area contributed by atoms with Crippen molar-refractivity contribution in [2.24, 2.45) is 0 Å². The summed E-state index contributed by atoms with van der Waals surface area (Å²) in [6.45, 7) is 2.69. The van der Waals surface area contributed by atoms with Crippen LogP contribution in [-0.2, 0) is 9.47 Å². The Morgan fingerprint density at radius 1 is 0.926 bits per heavy atom. The summed E-state index contributed by atoms with van der Waals surface area (Å²) in [7, 11) is 0. The molecule has 5 nitrogen and oxygen atoms in total. The van der Waals surface area contributed by atoms with E-state index in [1.807, 2.05) is 0 Å². The number of aliphatic hydroxyl groups excluding tert-OH is 3. The molecular formula is C22H42O5. The van der Waals surface area contributed by atoms with E-state index in [1.54, 1.807) is 0 Å². The van der Waals surface area contributed by atoms with Crippen LogP contribution in [0.5, 0.6) is 0 Å². The van der Waals surface area contributed by atoms with Gasteiger partial charge in [0.15, 0.2) is 0 Å². The van der Waals surface area contributed by atoms with Crippen molar-refractivity contribution in [3.8, 4) is 0 Å². The molecule has 4 atom stereocenters. The molecule has 1 fully saturated rings. The normalized spacial score (nSPS) is 24.1. The zero-order valence-corrected chi connectivity index (χ0v) is 17.2. The van der Waals surface area contributed by atoms with E-state index in [2.05, 4.69) is 19.1 Å². The van der Waals surface area contributed by atoms with Crippen LogP contribution in [0.2, 0.25) is 0 Å². The smallest absolute Gasteiger partial charge is 0.114 e. The van der Waals surface area contributed by atoms with Gasteiger partial charge in [-0.2, -0.15) is 0 Å². The van der Waals surface area contributed by atoms with Gasteiger partial charge >= 0.3 is 0 Å². The van der Waals surface area contributed by atoms with Crippen molar-refractivity contribution in [2.75, 3.05) is 19.8 Å². The van der Waals surface area contributed by atoms with Crippen molar-refractivity contribution in [3.05, 3.63) is 12.2 Å². The van der Waals surface area contributed by atoms with E-state index >= 15 is 0 Å². The van der Waals surface area contributed by atoms with Crippen LogP contribution in [0, 0.1) is 0 Å². The summed E-state index contributed by atoms with van der Waals surface area (Å²) < 4.78 is 11.0. The molecule has 0 amide bonds. The predicted molar refractivity (Wildman–Crippen MR) is 109 cm³/mol. The van der Waals surface area contributed by atoms with Crippen LogP contribution >= 0.6 is 0 Å². The van der Waals surface area contributed by atoms with Crippen LogP contribution in [0.15, 0.2) is 12.2 Å². The highest BCUT2D eigenvalue weighted by Gasteiger charge is 2.40. The topological polar surface area (TPSA) is 79.2 Å². The zero-order chi connectivity index (χ0) is 19.7. The minimum Gasteiger partial charge on any atom is -0.394 e. The van der Waals surface area contributed by atoms with Gasteiger partial charge in [0.1, 0.15) is 24.4 Å². The van der Waals surface area contributed by atoms with Crippen molar-refractivity contribution in [1.82, 2.24) is 0 Å². The standard InChI is InChI=1S/C22H42O5/c1-2-3-4-5-6-7-8-9-10-11-12-13-14-15-16-26-20(17-23)22-21(25)19(24)18-27-22/h8-9,19-25H,2-7,10-18H2,1H3/b9-8+/t19-,20+,21+,22+/m0/s1. The lowest BCUT2D eigenvalue weighted by atomic mass is 10.1. The highest BCUT2D eigenvalue weighted by molar-refractivity contribution is 4.88. The molecule has 0 aliphatic carbocycles. The van der Waals surface area contributed by atoms with E-state index < -0.39 is 24.4 Å². The molecule has 160 valence electrons. The summed E-state index contributed by atoms with van der Waals surface area (Å²) in [4.78, 5) is 0. The maximum atomic E-state index is 9.81. The van der Waals surface area contributed by atoms with Crippen molar-refractivity contribution in [3.63, 3.8) is 0 Å². The first kappa shape index (κ1) is 24.6. The highest BCUT2D eigenvalue weighted by Crippen LogP contribution is 2.20. The van der Waals surface area contributed by atoms with Crippen molar-refractivity contribution in [1.29, 1.82) is 0 Å². The molecule has 1 saturated heterocycles. The maximum absolute atomic E-state index is 9.81. The minimum atomic E-state index is -0.980. The fourth-order valence-electron chi connectivity index (χ4n) is 3.44. The van der Waals surface area contributed by atoms with Gasteiger partial charge in [0, 0.05) is 6.61 Å². The lowest BCUT2D eigenvalue weighted by molar-refractivity contribution is -0.101. The second-order valence-electron chi connectivity index (χ2n) is 7.68. The molecule has 27 heavy (non-hydrogen) atoms. The van der Waals surface area contributed by atoms with Gasteiger partial charge in [-0.05, 0) is 32.1 Å². The Bertz CT molecular complexity index is 361. The lowest BCUT2D eigenvalue weighted by Gasteiger charge is -2.24. The van der Waals surface area contributed by atoms with Crippen LogP contribution in [0.3, 0.4) is 0 Å². The van der Waals surface area contributed by atoms with E-state index in [1.165, 1.54) is 64.2 Å². The maximum Gasteiger partial charge on any atom is 0.114 e. The number of hydrogen-bond donors (Lipinski definition) is 3. The van der Waals surface area contributed by atoms with Gasteiger partial charge < -0.3 is 24.8 Å². The Labute approximate surface area is 165 Å². The summed E-state index contributed by atoms with van der Waals surface area (Å²) in [5.74, 6) is 0. The Hall–Kier alpha value is -0.460. The number of unbranched alkanes of at least 4 members (excludes halogenated alkanes) is 10. The third kappa shape index (κ3) is 11.2. The number of rotatable bonds is 17. The molecule has 0 radical (unpaired) electrons. The third-order valence-electron chi connectivity index (χ3n) is 5.22. The molecule has 1 heterocycles. The number of ether oxygens (including phenoxy) is 2. The van der Waals surface area contributed by atoms with Crippen LogP contribution in [-0.4, -0.2) is 59.6 Å². The first-order chi connectivity index (χ1) is 13.2. The van der Waals surface area contributed by atoms with Crippen LogP contribution in [0.4, 0.5) is 0 Å². The SMILES string of the molecule is CCCCCCC/C=C/CCCCCCCO[C@H](CO)[C@H]1OC[C@H](O)[C@H]1O. The molecule has 0 aromatic rings. The monoisotopic (exact) mass is 386 g/mol. The summed E-state index contributed by atoms with van der Waals surface area (Å²) >= 11 is 0. The van der Waals surface area contributed by atoms with E-state index in [-0.39, 0.29) is 13.2 Å². The van der Waals surface area contributed by atoms with Crippen molar-refractivity contribution < 1.29 is 24.8 Å². The fraction of sp³-hybridized carbons (Fsp3) is 0.909. The summed E-state index contributed by atoms with van der Waals surface area (Å²) in [5.41, 5.74) is 0. The van der Waals surface area contributed by atoms with Gasteiger partial charge in [0.25, 0.3) is 0 Å². The predicted octanol–water partition coefficient (Wildman–Crippen LogP) is 3.74. The Morgan fingerprint density at radius 3 is 2.07 bits per heavy atom. The van der Waals surface area contributed by atoms with Gasteiger partial charge in [0.2, 0.25) is 0 Å². The summed E-state index contributed by atoms with van der Waals surface area (Å²) in [6.07, 6.45) is 16.5. The first-order valence-corrected chi connectivity index (χ1v) is 11.1. The Morgan fingerprint density at radius 2 is 1.52 bits per heavy atom. The molecule has 0 saturated carbocycles. The molecule has 0 bridgehead atoms. The number of allylic oxidation sites excluding steroid dienone is 2. The van der Waals surface area contributed by atoms with Gasteiger partial charge in [-0.25, -0.2) is 0 Å². The van der Waals surface area contributed by atoms with E-state index in [0.717, 1.165) is 12.8 Å². The second-order valence-corrected chi connectivity index (χ2v) is 7.68. The lowest BCUT2D eigenvalue weighted by Crippen LogP contribution is -2.42. The number of hydrogen-bond acceptors (Lipinski definition) is 5. The Balaban J connectivity index is 1.89. The van der Waals surface area contributed by atoms with Gasteiger partial charge in [0.05, 0.1) is 13.2 Å². The quantitative estimate of drug-likeness (QED) is 0.262.